The zero-order valence-corrected chi connectivity index (χ0v) is 13.7. The molecular formula is C15H30N2O3. The summed E-state index contributed by atoms with van der Waals surface area (Å²) in [6.07, 6.45) is 2.13. The number of hydrogen-bond donors (Lipinski definition) is 1. The van der Waals surface area contributed by atoms with E-state index in [0.29, 0.717) is 12.6 Å². The van der Waals surface area contributed by atoms with E-state index in [4.69, 9.17) is 9.47 Å². The first-order valence-electron chi connectivity index (χ1n) is 7.50. The van der Waals surface area contributed by atoms with Crippen LogP contribution in [-0.4, -0.2) is 55.0 Å². The maximum absolute atomic E-state index is 12.2. The molecule has 1 rings (SSSR count). The van der Waals surface area contributed by atoms with Crippen molar-refractivity contribution in [3.8, 4) is 0 Å². The Labute approximate surface area is 123 Å². The highest BCUT2D eigenvalue weighted by atomic mass is 16.6. The van der Waals surface area contributed by atoms with E-state index in [1.807, 2.05) is 32.6 Å². The van der Waals surface area contributed by atoms with Crippen LogP contribution in [0.3, 0.4) is 0 Å². The lowest BCUT2D eigenvalue weighted by molar-refractivity contribution is 0.0230. The van der Waals surface area contributed by atoms with Crippen molar-refractivity contribution in [2.24, 2.45) is 0 Å². The number of nitrogens with zero attached hydrogens (tertiary/aromatic N) is 1. The van der Waals surface area contributed by atoms with Gasteiger partial charge in [-0.3, -0.25) is 0 Å². The van der Waals surface area contributed by atoms with Crippen molar-refractivity contribution < 1.29 is 14.3 Å². The van der Waals surface area contributed by atoms with Crippen molar-refractivity contribution in [3.05, 3.63) is 0 Å². The first-order chi connectivity index (χ1) is 9.24. The zero-order valence-electron chi connectivity index (χ0n) is 13.7. The lowest BCUT2D eigenvalue weighted by Crippen LogP contribution is -2.45. The molecular weight excluding hydrogens is 256 g/mol. The van der Waals surface area contributed by atoms with Crippen LogP contribution in [-0.2, 0) is 9.47 Å². The molecule has 1 aliphatic carbocycles. The summed E-state index contributed by atoms with van der Waals surface area (Å²) in [5.74, 6) is 0. The Morgan fingerprint density at radius 1 is 1.35 bits per heavy atom. The Hall–Kier alpha value is -0.810. The molecule has 118 valence electrons. The van der Waals surface area contributed by atoms with Crippen molar-refractivity contribution in [1.82, 2.24) is 10.2 Å². The van der Waals surface area contributed by atoms with Gasteiger partial charge in [0.05, 0.1) is 6.10 Å². The minimum absolute atomic E-state index is 0.158. The second-order valence-electron chi connectivity index (χ2n) is 6.59. The second-order valence-corrected chi connectivity index (χ2v) is 6.59. The highest BCUT2D eigenvalue weighted by molar-refractivity contribution is 5.69. The molecule has 0 aromatic heterocycles. The highest BCUT2D eigenvalue weighted by Crippen LogP contribution is 2.28. The van der Waals surface area contributed by atoms with Gasteiger partial charge in [-0.25, -0.2) is 4.79 Å². The Kier molecular flexibility index (Phi) is 6.27. The standard InChI is InChI=1S/C15H30N2O3/c1-11(12(2)19-6)16-9-10-17(13-7-8-13)14(18)20-15(3,4)5/h11-13,16H,7-10H2,1-6H3. The summed E-state index contributed by atoms with van der Waals surface area (Å²) in [6.45, 7) is 11.3. The Morgan fingerprint density at radius 3 is 2.40 bits per heavy atom. The number of hydrogen-bond acceptors (Lipinski definition) is 4. The Balaban J connectivity index is 2.38. The smallest absolute Gasteiger partial charge is 0.410 e. The number of carbonyl (C=O) groups excluding carboxylic acids is 1. The number of amides is 1. The molecule has 2 unspecified atom stereocenters. The molecule has 0 spiro atoms. The average Bonchev–Trinajstić information content (AvgIpc) is 3.15. The van der Waals surface area contributed by atoms with Crippen LogP contribution < -0.4 is 5.32 Å². The van der Waals surface area contributed by atoms with Gasteiger partial charge in [-0.1, -0.05) is 0 Å². The number of methoxy groups -OCH3 is 1. The third-order valence-electron chi connectivity index (χ3n) is 3.51. The quantitative estimate of drug-likeness (QED) is 0.781. The van der Waals surface area contributed by atoms with E-state index in [2.05, 4.69) is 12.2 Å². The van der Waals surface area contributed by atoms with Crippen molar-refractivity contribution in [3.63, 3.8) is 0 Å². The summed E-state index contributed by atoms with van der Waals surface area (Å²) < 4.78 is 10.7. The number of nitrogens with one attached hydrogen (secondary N) is 1. The van der Waals surface area contributed by atoms with Crippen LogP contribution in [0, 0.1) is 0 Å². The molecule has 2 atom stereocenters. The second kappa shape index (κ2) is 7.27. The zero-order chi connectivity index (χ0) is 15.3. The van der Waals surface area contributed by atoms with E-state index >= 15 is 0 Å². The Bertz CT molecular complexity index is 311. The summed E-state index contributed by atoms with van der Waals surface area (Å²) in [5, 5.41) is 3.39. The third kappa shape index (κ3) is 6.09. The Morgan fingerprint density at radius 2 is 1.95 bits per heavy atom. The first kappa shape index (κ1) is 17.2. The van der Waals surface area contributed by atoms with Gasteiger partial charge in [-0.05, 0) is 47.5 Å². The van der Waals surface area contributed by atoms with Gasteiger partial charge in [0.25, 0.3) is 0 Å². The fourth-order valence-electron chi connectivity index (χ4n) is 1.91. The van der Waals surface area contributed by atoms with Crippen LogP contribution in [0.4, 0.5) is 4.79 Å². The van der Waals surface area contributed by atoms with Crippen molar-refractivity contribution in [1.29, 1.82) is 0 Å². The molecule has 0 aliphatic heterocycles. The predicted molar refractivity (Wildman–Crippen MR) is 79.9 cm³/mol. The number of ether oxygens (including phenoxy) is 2. The van der Waals surface area contributed by atoms with Crippen LogP contribution in [0.1, 0.15) is 47.5 Å². The summed E-state index contributed by atoms with van der Waals surface area (Å²) in [5.41, 5.74) is -0.435. The lowest BCUT2D eigenvalue weighted by Gasteiger charge is -2.28. The van der Waals surface area contributed by atoms with E-state index in [-0.39, 0.29) is 18.2 Å². The molecule has 0 bridgehead atoms. The summed E-state index contributed by atoms with van der Waals surface area (Å²) in [7, 11) is 1.71. The van der Waals surface area contributed by atoms with E-state index in [0.717, 1.165) is 19.4 Å². The maximum atomic E-state index is 12.2. The van der Waals surface area contributed by atoms with E-state index < -0.39 is 5.60 Å². The van der Waals surface area contributed by atoms with Gasteiger partial charge in [0.1, 0.15) is 5.60 Å². The molecule has 0 heterocycles. The van der Waals surface area contributed by atoms with Gasteiger partial charge in [0.2, 0.25) is 0 Å². The van der Waals surface area contributed by atoms with Gasteiger partial charge < -0.3 is 19.7 Å². The number of carbonyl (C=O) groups is 1. The van der Waals surface area contributed by atoms with E-state index in [9.17, 15) is 4.79 Å². The monoisotopic (exact) mass is 286 g/mol. The maximum Gasteiger partial charge on any atom is 0.410 e. The molecule has 5 heteroatoms. The van der Waals surface area contributed by atoms with Crippen LogP contribution >= 0.6 is 0 Å². The highest BCUT2D eigenvalue weighted by Gasteiger charge is 2.34. The molecule has 0 aromatic carbocycles. The molecule has 1 N–H and O–H groups in total. The summed E-state index contributed by atoms with van der Waals surface area (Å²) >= 11 is 0. The van der Waals surface area contributed by atoms with E-state index in [1.165, 1.54) is 0 Å². The van der Waals surface area contributed by atoms with Gasteiger partial charge >= 0.3 is 6.09 Å². The van der Waals surface area contributed by atoms with Crippen molar-refractivity contribution in [2.45, 2.75) is 71.2 Å². The summed E-state index contributed by atoms with van der Waals surface area (Å²) in [6, 6.07) is 0.626. The molecule has 20 heavy (non-hydrogen) atoms. The van der Waals surface area contributed by atoms with E-state index in [1.54, 1.807) is 7.11 Å². The molecule has 1 amide bonds. The fraction of sp³-hybridized carbons (Fsp3) is 0.933. The molecule has 1 saturated carbocycles. The van der Waals surface area contributed by atoms with Crippen LogP contribution in [0.5, 0.6) is 0 Å². The minimum Gasteiger partial charge on any atom is -0.444 e. The molecule has 0 saturated heterocycles. The number of rotatable bonds is 7. The third-order valence-corrected chi connectivity index (χ3v) is 3.51. The largest absolute Gasteiger partial charge is 0.444 e. The van der Waals surface area contributed by atoms with Gasteiger partial charge in [-0.15, -0.1) is 0 Å². The molecule has 1 aliphatic rings. The minimum atomic E-state index is -0.435. The topological polar surface area (TPSA) is 50.8 Å². The average molecular weight is 286 g/mol. The molecule has 5 nitrogen and oxygen atoms in total. The van der Waals surface area contributed by atoms with Gasteiger partial charge in [0, 0.05) is 32.3 Å². The van der Waals surface area contributed by atoms with Crippen molar-refractivity contribution >= 4 is 6.09 Å². The van der Waals surface area contributed by atoms with Crippen LogP contribution in [0.25, 0.3) is 0 Å². The van der Waals surface area contributed by atoms with Crippen LogP contribution in [0.15, 0.2) is 0 Å². The van der Waals surface area contributed by atoms with Crippen LogP contribution in [0.2, 0.25) is 0 Å². The van der Waals surface area contributed by atoms with Gasteiger partial charge in [-0.2, -0.15) is 0 Å². The SMILES string of the molecule is COC(C)C(C)NCCN(C(=O)OC(C)(C)C)C1CC1. The first-order valence-corrected chi connectivity index (χ1v) is 7.50. The predicted octanol–water partition coefficient (Wildman–Crippen LogP) is 2.40. The van der Waals surface area contributed by atoms with Gasteiger partial charge in [0.15, 0.2) is 0 Å². The summed E-state index contributed by atoms with van der Waals surface area (Å²) in [4.78, 5) is 14.0. The normalized spacial score (nSPS) is 18.5. The molecule has 0 aromatic rings. The lowest BCUT2D eigenvalue weighted by atomic mass is 10.2. The van der Waals surface area contributed by atoms with Crippen molar-refractivity contribution in [2.75, 3.05) is 20.2 Å². The fourth-order valence-corrected chi connectivity index (χ4v) is 1.91. The molecule has 1 fully saturated rings. The molecule has 0 radical (unpaired) electrons.